The summed E-state index contributed by atoms with van der Waals surface area (Å²) in [5.41, 5.74) is 6.91. The molecule has 7 heteroatoms. The molecule has 1 atom stereocenters. The standard InChI is InChI=1S/C31H32N4O2S/c1-20(2)32-26(36)18-34-27(37)19-38-30(24-14-8-10-21(3)16-24)28-29(23-12-6-5-7-13-23)33-35(31(28)34)25-15-9-11-22(4)17-25/h5-17,20,30H,18-19H2,1-4H3,(H,32,36)/t30-/m1/s1. The highest BCUT2D eigenvalue weighted by atomic mass is 32.2. The molecule has 1 aromatic heterocycles. The Balaban J connectivity index is 1.81. The van der Waals surface area contributed by atoms with Gasteiger partial charge in [0.25, 0.3) is 0 Å². The highest BCUT2D eigenvalue weighted by Gasteiger charge is 2.37. The summed E-state index contributed by atoms with van der Waals surface area (Å²) in [5.74, 6) is 0.592. The van der Waals surface area contributed by atoms with Gasteiger partial charge in [0.1, 0.15) is 12.4 Å². The van der Waals surface area contributed by atoms with Crippen LogP contribution < -0.4 is 10.2 Å². The maximum atomic E-state index is 13.7. The lowest BCUT2D eigenvalue weighted by atomic mass is 9.98. The van der Waals surface area contributed by atoms with Crippen molar-refractivity contribution in [2.24, 2.45) is 0 Å². The third-order valence-electron chi connectivity index (χ3n) is 6.48. The van der Waals surface area contributed by atoms with Crippen molar-refractivity contribution in [1.29, 1.82) is 0 Å². The van der Waals surface area contributed by atoms with E-state index in [0.717, 1.165) is 39.2 Å². The summed E-state index contributed by atoms with van der Waals surface area (Å²) >= 11 is 1.59. The molecule has 5 rings (SSSR count). The molecule has 1 aliphatic heterocycles. The number of carbonyl (C=O) groups excluding carboxylic acids is 2. The molecule has 6 nitrogen and oxygen atoms in total. The van der Waals surface area contributed by atoms with Crippen molar-refractivity contribution < 1.29 is 9.59 Å². The number of nitrogens with one attached hydrogen (secondary N) is 1. The van der Waals surface area contributed by atoms with Crippen molar-refractivity contribution in [2.45, 2.75) is 39.0 Å². The molecule has 0 radical (unpaired) electrons. The fourth-order valence-electron chi connectivity index (χ4n) is 4.88. The lowest BCUT2D eigenvalue weighted by Crippen LogP contribution is -2.44. The first-order chi connectivity index (χ1) is 18.3. The number of hydrogen-bond acceptors (Lipinski definition) is 4. The molecule has 0 fully saturated rings. The summed E-state index contributed by atoms with van der Waals surface area (Å²) in [5, 5.41) is 7.96. The lowest BCUT2D eigenvalue weighted by molar-refractivity contribution is -0.123. The predicted molar refractivity (Wildman–Crippen MR) is 155 cm³/mol. The number of benzene rings is 3. The molecule has 194 valence electrons. The van der Waals surface area contributed by atoms with Gasteiger partial charge in [-0.05, 0) is 51.0 Å². The van der Waals surface area contributed by atoms with Crippen LogP contribution in [0.2, 0.25) is 0 Å². The zero-order valence-corrected chi connectivity index (χ0v) is 23.0. The molecule has 1 aliphatic rings. The normalized spacial score (nSPS) is 15.3. The Bertz CT molecular complexity index is 1480. The quantitative estimate of drug-likeness (QED) is 0.344. The summed E-state index contributed by atoms with van der Waals surface area (Å²) in [4.78, 5) is 28.4. The second-order valence-electron chi connectivity index (χ2n) is 10.0. The zero-order valence-electron chi connectivity index (χ0n) is 22.1. The van der Waals surface area contributed by atoms with Crippen LogP contribution in [0.4, 0.5) is 5.82 Å². The van der Waals surface area contributed by atoms with Crippen molar-refractivity contribution in [2.75, 3.05) is 17.2 Å². The largest absolute Gasteiger partial charge is 0.352 e. The Hall–Kier alpha value is -3.84. The minimum atomic E-state index is -0.198. The Kier molecular flexibility index (Phi) is 7.38. The maximum Gasteiger partial charge on any atom is 0.240 e. The highest BCUT2D eigenvalue weighted by molar-refractivity contribution is 8.00. The van der Waals surface area contributed by atoms with Gasteiger partial charge >= 0.3 is 0 Å². The summed E-state index contributed by atoms with van der Waals surface area (Å²) in [6, 6.07) is 26.5. The van der Waals surface area contributed by atoms with Gasteiger partial charge in [0.15, 0.2) is 0 Å². The zero-order chi connectivity index (χ0) is 26.8. The van der Waals surface area contributed by atoms with E-state index in [-0.39, 0.29) is 35.4 Å². The molecule has 4 aromatic rings. The van der Waals surface area contributed by atoms with Crippen LogP contribution in [0.15, 0.2) is 78.9 Å². The van der Waals surface area contributed by atoms with E-state index in [1.54, 1.807) is 16.7 Å². The summed E-state index contributed by atoms with van der Waals surface area (Å²) in [6.45, 7) is 7.88. The van der Waals surface area contributed by atoms with E-state index in [2.05, 4.69) is 42.6 Å². The molecule has 0 aliphatic carbocycles. The van der Waals surface area contributed by atoms with E-state index in [1.807, 2.05) is 74.0 Å². The van der Waals surface area contributed by atoms with Gasteiger partial charge in [0.05, 0.1) is 22.4 Å². The van der Waals surface area contributed by atoms with Crippen LogP contribution in [0, 0.1) is 13.8 Å². The molecule has 1 N–H and O–H groups in total. The van der Waals surface area contributed by atoms with Gasteiger partial charge in [-0.2, -0.15) is 5.10 Å². The summed E-state index contributed by atoms with van der Waals surface area (Å²) in [7, 11) is 0. The number of aromatic nitrogens is 2. The fraction of sp³-hybridized carbons (Fsp3) is 0.258. The van der Waals surface area contributed by atoms with Crippen LogP contribution in [0.5, 0.6) is 0 Å². The molecule has 2 amide bonds. The van der Waals surface area contributed by atoms with Gasteiger partial charge in [-0.3, -0.25) is 14.5 Å². The van der Waals surface area contributed by atoms with Crippen molar-refractivity contribution >= 4 is 29.4 Å². The van der Waals surface area contributed by atoms with Gasteiger partial charge in [0, 0.05) is 17.2 Å². The molecular weight excluding hydrogens is 492 g/mol. The van der Waals surface area contributed by atoms with E-state index in [4.69, 9.17) is 5.10 Å². The monoisotopic (exact) mass is 524 g/mol. The third-order valence-corrected chi connectivity index (χ3v) is 7.73. The maximum absolute atomic E-state index is 13.7. The smallest absolute Gasteiger partial charge is 0.240 e. The Morgan fingerprint density at radius 1 is 1.00 bits per heavy atom. The number of fused-ring (bicyclic) bond motifs is 1. The number of amides is 2. The molecule has 3 aromatic carbocycles. The van der Waals surface area contributed by atoms with E-state index in [1.165, 1.54) is 0 Å². The fourth-order valence-corrected chi connectivity index (χ4v) is 6.06. The number of hydrogen-bond donors (Lipinski definition) is 1. The number of thioether (sulfide) groups is 1. The molecule has 0 bridgehead atoms. The first kappa shape index (κ1) is 25.8. The van der Waals surface area contributed by atoms with E-state index in [0.29, 0.717) is 5.82 Å². The first-order valence-electron chi connectivity index (χ1n) is 12.8. The SMILES string of the molecule is Cc1cccc([C@H]2SCC(=O)N(CC(=O)NC(C)C)c3c2c(-c2ccccc2)nn3-c2cccc(C)c2)c1. The molecule has 0 saturated carbocycles. The number of rotatable bonds is 6. The van der Waals surface area contributed by atoms with Gasteiger partial charge in [0.2, 0.25) is 11.8 Å². The Labute approximate surface area is 228 Å². The van der Waals surface area contributed by atoms with Crippen LogP contribution in [-0.2, 0) is 9.59 Å². The van der Waals surface area contributed by atoms with Crippen LogP contribution in [0.25, 0.3) is 16.9 Å². The van der Waals surface area contributed by atoms with Crippen LogP contribution >= 0.6 is 11.8 Å². The number of anilines is 1. The predicted octanol–water partition coefficient (Wildman–Crippen LogP) is 5.85. The minimum Gasteiger partial charge on any atom is -0.352 e. The second-order valence-corrected chi connectivity index (χ2v) is 11.1. The van der Waals surface area contributed by atoms with Crippen molar-refractivity contribution in [3.63, 3.8) is 0 Å². The van der Waals surface area contributed by atoms with Crippen LogP contribution in [-0.4, -0.2) is 39.9 Å². The molecular formula is C31H32N4O2S. The lowest BCUT2D eigenvalue weighted by Gasteiger charge is -2.24. The number of carbonyl (C=O) groups is 2. The van der Waals surface area contributed by atoms with Crippen LogP contribution in [0.3, 0.4) is 0 Å². The number of aryl methyl sites for hydroxylation is 2. The van der Waals surface area contributed by atoms with E-state index >= 15 is 0 Å². The highest BCUT2D eigenvalue weighted by Crippen LogP contribution is 2.48. The van der Waals surface area contributed by atoms with Gasteiger partial charge in [-0.1, -0.05) is 72.3 Å². The van der Waals surface area contributed by atoms with E-state index < -0.39 is 0 Å². The number of nitrogens with zero attached hydrogens (tertiary/aromatic N) is 3. The third kappa shape index (κ3) is 5.24. The topological polar surface area (TPSA) is 67.2 Å². The second kappa shape index (κ2) is 10.9. The molecule has 0 saturated heterocycles. The molecule has 2 heterocycles. The minimum absolute atomic E-state index is 0.0277. The van der Waals surface area contributed by atoms with Crippen LogP contribution in [0.1, 0.15) is 41.4 Å². The molecule has 38 heavy (non-hydrogen) atoms. The molecule has 0 spiro atoms. The summed E-state index contributed by atoms with van der Waals surface area (Å²) < 4.78 is 1.85. The van der Waals surface area contributed by atoms with Crippen molar-refractivity contribution in [3.05, 3.63) is 101 Å². The Morgan fingerprint density at radius 3 is 2.39 bits per heavy atom. The van der Waals surface area contributed by atoms with Gasteiger partial charge in [-0.15, -0.1) is 11.8 Å². The van der Waals surface area contributed by atoms with Gasteiger partial charge < -0.3 is 5.32 Å². The average molecular weight is 525 g/mol. The van der Waals surface area contributed by atoms with Crippen molar-refractivity contribution in [1.82, 2.24) is 15.1 Å². The summed E-state index contributed by atoms with van der Waals surface area (Å²) in [6.07, 6.45) is 0. The first-order valence-corrected chi connectivity index (χ1v) is 13.9. The molecule has 0 unspecified atom stereocenters. The average Bonchev–Trinajstić information content (AvgIpc) is 3.21. The van der Waals surface area contributed by atoms with Gasteiger partial charge in [-0.25, -0.2) is 4.68 Å². The van der Waals surface area contributed by atoms with Crippen molar-refractivity contribution in [3.8, 4) is 16.9 Å². The Morgan fingerprint density at radius 2 is 1.71 bits per heavy atom. The van der Waals surface area contributed by atoms with E-state index in [9.17, 15) is 9.59 Å².